The van der Waals surface area contributed by atoms with E-state index in [1.165, 1.54) is 19.2 Å². The van der Waals surface area contributed by atoms with Gasteiger partial charge in [0.1, 0.15) is 11.5 Å². The lowest BCUT2D eigenvalue weighted by Gasteiger charge is -2.21. The van der Waals surface area contributed by atoms with Crippen molar-refractivity contribution in [2.24, 2.45) is 11.7 Å². The zero-order valence-electron chi connectivity index (χ0n) is 11.1. The Morgan fingerprint density at radius 3 is 2.53 bits per heavy atom. The monoisotopic (exact) mass is 282 g/mol. The van der Waals surface area contributed by atoms with E-state index < -0.39 is 11.9 Å². The maximum Gasteiger partial charge on any atom is 0.255 e. The second-order valence-corrected chi connectivity index (χ2v) is 4.95. The van der Waals surface area contributed by atoms with Crippen molar-refractivity contribution in [2.45, 2.75) is 19.9 Å². The fourth-order valence-electron chi connectivity index (χ4n) is 1.62. The molecule has 0 aliphatic rings. The molecule has 6 heteroatoms. The maximum atomic E-state index is 12.1. The summed E-state index contributed by atoms with van der Waals surface area (Å²) >= 11 is 4.91. The fourth-order valence-corrected chi connectivity index (χ4v) is 1.95. The summed E-state index contributed by atoms with van der Waals surface area (Å²) in [4.78, 5) is 12.3. The van der Waals surface area contributed by atoms with Gasteiger partial charge in [0.25, 0.3) is 5.91 Å². The van der Waals surface area contributed by atoms with Gasteiger partial charge in [-0.2, -0.15) is 0 Å². The van der Waals surface area contributed by atoms with Crippen molar-refractivity contribution in [3.05, 3.63) is 23.8 Å². The first-order valence-electron chi connectivity index (χ1n) is 5.84. The van der Waals surface area contributed by atoms with E-state index in [0.29, 0.717) is 5.75 Å². The highest BCUT2D eigenvalue weighted by atomic mass is 32.1. The smallest absolute Gasteiger partial charge is 0.255 e. The Hall–Kier alpha value is -1.82. The van der Waals surface area contributed by atoms with Crippen molar-refractivity contribution >= 4 is 23.1 Å². The van der Waals surface area contributed by atoms with Gasteiger partial charge in [-0.15, -0.1) is 0 Å². The third-order valence-corrected chi connectivity index (χ3v) is 2.96. The topological polar surface area (TPSA) is 84.6 Å². The maximum absolute atomic E-state index is 12.1. The van der Waals surface area contributed by atoms with Crippen LogP contribution in [0.3, 0.4) is 0 Å². The number of benzene rings is 1. The Bertz CT molecular complexity index is 489. The van der Waals surface area contributed by atoms with Crippen LogP contribution in [-0.2, 0) is 0 Å². The number of carbonyl (C=O) groups is 1. The molecule has 0 bridgehead atoms. The molecule has 0 aliphatic carbocycles. The van der Waals surface area contributed by atoms with Crippen molar-refractivity contribution in [1.82, 2.24) is 5.32 Å². The Morgan fingerprint density at radius 1 is 1.47 bits per heavy atom. The van der Waals surface area contributed by atoms with E-state index in [-0.39, 0.29) is 22.2 Å². The van der Waals surface area contributed by atoms with Crippen LogP contribution in [0.5, 0.6) is 11.5 Å². The number of phenolic OH excluding ortho intramolecular Hbond substituents is 1. The summed E-state index contributed by atoms with van der Waals surface area (Å²) in [6, 6.07) is 4.05. The van der Waals surface area contributed by atoms with E-state index >= 15 is 0 Å². The summed E-state index contributed by atoms with van der Waals surface area (Å²) in [7, 11) is 1.48. The highest BCUT2D eigenvalue weighted by Gasteiger charge is 2.21. The number of thiocarbonyl (C=S) groups is 1. The molecule has 4 N–H and O–H groups in total. The quantitative estimate of drug-likeness (QED) is 0.712. The molecule has 0 spiro atoms. The van der Waals surface area contributed by atoms with Gasteiger partial charge in [0.15, 0.2) is 0 Å². The summed E-state index contributed by atoms with van der Waals surface area (Å²) in [6.07, 6.45) is 0. The van der Waals surface area contributed by atoms with Crippen LogP contribution in [-0.4, -0.2) is 29.2 Å². The summed E-state index contributed by atoms with van der Waals surface area (Å²) in [6.45, 7) is 3.80. The number of nitrogens with one attached hydrogen (secondary N) is 1. The number of phenols is 1. The molecule has 1 aromatic rings. The number of hydrogen-bond acceptors (Lipinski definition) is 4. The van der Waals surface area contributed by atoms with Crippen LogP contribution in [0.4, 0.5) is 0 Å². The Labute approximate surface area is 117 Å². The van der Waals surface area contributed by atoms with Crippen LogP contribution in [0, 0.1) is 5.92 Å². The molecule has 1 rings (SSSR count). The molecule has 0 saturated carbocycles. The van der Waals surface area contributed by atoms with Gasteiger partial charge >= 0.3 is 0 Å². The van der Waals surface area contributed by atoms with E-state index in [2.05, 4.69) is 5.32 Å². The van der Waals surface area contributed by atoms with Crippen LogP contribution in [0.15, 0.2) is 18.2 Å². The van der Waals surface area contributed by atoms with E-state index in [9.17, 15) is 9.90 Å². The number of rotatable bonds is 5. The van der Waals surface area contributed by atoms with Gasteiger partial charge in [0, 0.05) is 6.07 Å². The highest BCUT2D eigenvalue weighted by molar-refractivity contribution is 7.80. The van der Waals surface area contributed by atoms with Crippen LogP contribution in [0.1, 0.15) is 24.2 Å². The third kappa shape index (κ3) is 3.82. The van der Waals surface area contributed by atoms with Crippen molar-refractivity contribution < 1.29 is 14.6 Å². The first-order valence-corrected chi connectivity index (χ1v) is 6.24. The number of ether oxygens (including phenoxy) is 1. The van der Waals surface area contributed by atoms with Crippen molar-refractivity contribution in [1.29, 1.82) is 0 Å². The zero-order chi connectivity index (χ0) is 14.6. The molecule has 1 aromatic carbocycles. The van der Waals surface area contributed by atoms with E-state index in [0.717, 1.165) is 0 Å². The van der Waals surface area contributed by atoms with Crippen LogP contribution >= 0.6 is 12.2 Å². The molecule has 1 amide bonds. The molecule has 104 valence electrons. The summed E-state index contributed by atoms with van der Waals surface area (Å²) in [5.41, 5.74) is 5.74. The Kier molecular flexibility index (Phi) is 5.11. The SMILES string of the molecule is COc1ccc(C(=O)NC(C(N)=S)C(C)C)c(O)c1. The number of hydrogen-bond donors (Lipinski definition) is 3. The molecule has 0 radical (unpaired) electrons. The molecular formula is C13H18N2O3S. The standard InChI is InChI=1S/C13H18N2O3S/c1-7(2)11(12(14)19)15-13(17)9-5-4-8(18-3)6-10(9)16/h4-7,11,16H,1-3H3,(H2,14,19)(H,15,17). The molecule has 0 aromatic heterocycles. The predicted molar refractivity (Wildman–Crippen MR) is 77.5 cm³/mol. The molecule has 1 unspecified atom stereocenters. The first kappa shape index (κ1) is 15.2. The largest absolute Gasteiger partial charge is 0.507 e. The van der Waals surface area contributed by atoms with Gasteiger partial charge in [-0.25, -0.2) is 0 Å². The molecule has 0 aliphatic heterocycles. The van der Waals surface area contributed by atoms with E-state index in [4.69, 9.17) is 22.7 Å². The van der Waals surface area contributed by atoms with Gasteiger partial charge in [0.05, 0.1) is 23.7 Å². The van der Waals surface area contributed by atoms with E-state index in [1.54, 1.807) is 6.07 Å². The number of methoxy groups -OCH3 is 1. The first-order chi connectivity index (χ1) is 8.86. The number of aromatic hydroxyl groups is 1. The van der Waals surface area contributed by atoms with E-state index in [1.807, 2.05) is 13.8 Å². The van der Waals surface area contributed by atoms with Gasteiger partial charge in [0.2, 0.25) is 0 Å². The minimum atomic E-state index is -0.424. The molecule has 0 saturated heterocycles. The van der Waals surface area contributed by atoms with Gasteiger partial charge in [-0.1, -0.05) is 26.1 Å². The Balaban J connectivity index is 2.91. The minimum absolute atomic E-state index is 0.0711. The Morgan fingerprint density at radius 2 is 2.11 bits per heavy atom. The average molecular weight is 282 g/mol. The summed E-state index contributed by atoms with van der Waals surface area (Å²) in [5.74, 6) is -0.0282. The molecule has 1 atom stereocenters. The molecule has 0 heterocycles. The van der Waals surface area contributed by atoms with Crippen molar-refractivity contribution in [2.75, 3.05) is 7.11 Å². The second kappa shape index (κ2) is 6.38. The number of amides is 1. The van der Waals surface area contributed by atoms with Gasteiger partial charge < -0.3 is 20.9 Å². The minimum Gasteiger partial charge on any atom is -0.507 e. The normalized spacial score (nSPS) is 12.0. The summed E-state index contributed by atoms with van der Waals surface area (Å²) < 4.78 is 4.95. The average Bonchev–Trinajstić information content (AvgIpc) is 2.34. The fraction of sp³-hybridized carbons (Fsp3) is 0.385. The highest BCUT2D eigenvalue weighted by Crippen LogP contribution is 2.23. The molecule has 5 nitrogen and oxygen atoms in total. The van der Waals surface area contributed by atoms with Crippen molar-refractivity contribution in [3.8, 4) is 11.5 Å². The molecular weight excluding hydrogens is 264 g/mol. The lowest BCUT2D eigenvalue weighted by molar-refractivity contribution is 0.0937. The second-order valence-electron chi connectivity index (χ2n) is 4.48. The van der Waals surface area contributed by atoms with Crippen LogP contribution < -0.4 is 15.8 Å². The lowest BCUT2D eigenvalue weighted by Crippen LogP contribution is -2.46. The van der Waals surface area contributed by atoms with Crippen LogP contribution in [0.25, 0.3) is 0 Å². The number of nitrogens with two attached hydrogens (primary N) is 1. The molecule has 0 fully saturated rings. The third-order valence-electron chi connectivity index (χ3n) is 2.71. The zero-order valence-corrected chi connectivity index (χ0v) is 12.0. The van der Waals surface area contributed by atoms with Gasteiger partial charge in [-0.05, 0) is 18.1 Å². The summed E-state index contributed by atoms with van der Waals surface area (Å²) in [5, 5.41) is 12.5. The van der Waals surface area contributed by atoms with Crippen molar-refractivity contribution in [3.63, 3.8) is 0 Å². The van der Waals surface area contributed by atoms with Crippen LogP contribution in [0.2, 0.25) is 0 Å². The number of carbonyl (C=O) groups excluding carboxylic acids is 1. The lowest BCUT2D eigenvalue weighted by atomic mass is 10.0. The van der Waals surface area contributed by atoms with Gasteiger partial charge in [-0.3, -0.25) is 4.79 Å². The predicted octanol–water partition coefficient (Wildman–Crippen LogP) is 1.44. The molecule has 19 heavy (non-hydrogen) atoms.